The summed E-state index contributed by atoms with van der Waals surface area (Å²) in [5.41, 5.74) is 2.43. The van der Waals surface area contributed by atoms with Gasteiger partial charge in [-0.05, 0) is 31.2 Å². The van der Waals surface area contributed by atoms with Crippen LogP contribution < -0.4 is 5.32 Å². The van der Waals surface area contributed by atoms with Crippen LogP contribution in [0.25, 0.3) is 0 Å². The van der Waals surface area contributed by atoms with Crippen molar-refractivity contribution in [2.75, 3.05) is 19.8 Å². The summed E-state index contributed by atoms with van der Waals surface area (Å²) in [6.07, 6.45) is 3.50. The van der Waals surface area contributed by atoms with Gasteiger partial charge in [0.05, 0.1) is 18.0 Å². The van der Waals surface area contributed by atoms with Crippen LogP contribution in [0.1, 0.15) is 31.2 Å². The topological polar surface area (TPSA) is 39.1 Å². The first-order valence-electron chi connectivity index (χ1n) is 6.60. The molecular weight excluding hydrogens is 214 g/mol. The smallest absolute Gasteiger partial charge is 0.0625 e. The van der Waals surface area contributed by atoms with Crippen molar-refractivity contribution in [1.29, 1.82) is 0 Å². The number of hydrogen-bond donors (Lipinski definition) is 1. The van der Waals surface area contributed by atoms with Crippen LogP contribution >= 0.6 is 0 Å². The molecule has 1 aromatic rings. The molecule has 1 atom stereocenters. The summed E-state index contributed by atoms with van der Waals surface area (Å²) in [6.45, 7) is 5.95. The first kappa shape index (κ1) is 12.6. The Morgan fingerprint density at radius 3 is 3.12 bits per heavy atom. The Labute approximate surface area is 103 Å². The number of aromatic nitrogens is 2. The molecule has 1 fully saturated rings. The predicted octanol–water partition coefficient (Wildman–Crippen LogP) is 1.50. The van der Waals surface area contributed by atoms with E-state index in [9.17, 15) is 0 Å². The van der Waals surface area contributed by atoms with Crippen LogP contribution in [0.3, 0.4) is 0 Å². The molecule has 1 aliphatic rings. The highest BCUT2D eigenvalue weighted by Crippen LogP contribution is 2.12. The van der Waals surface area contributed by atoms with Crippen LogP contribution in [-0.2, 0) is 24.8 Å². The lowest BCUT2D eigenvalue weighted by Crippen LogP contribution is -2.29. The average molecular weight is 237 g/mol. The normalized spacial score (nSPS) is 20.7. The van der Waals surface area contributed by atoms with Crippen LogP contribution in [0.4, 0.5) is 0 Å². The van der Waals surface area contributed by atoms with E-state index in [0.29, 0.717) is 5.92 Å². The maximum atomic E-state index is 5.47. The molecule has 0 spiro atoms. The number of nitrogens with one attached hydrogen (secondary N) is 1. The van der Waals surface area contributed by atoms with Crippen molar-refractivity contribution >= 4 is 0 Å². The van der Waals surface area contributed by atoms with Gasteiger partial charge in [0.1, 0.15) is 0 Å². The first-order chi connectivity index (χ1) is 8.29. The van der Waals surface area contributed by atoms with E-state index in [2.05, 4.69) is 23.4 Å². The molecular formula is C13H23N3O. The summed E-state index contributed by atoms with van der Waals surface area (Å²) < 4.78 is 7.45. The van der Waals surface area contributed by atoms with E-state index in [0.717, 1.165) is 32.7 Å². The Morgan fingerprint density at radius 1 is 1.59 bits per heavy atom. The fraction of sp³-hybridized carbons (Fsp3) is 0.769. The maximum absolute atomic E-state index is 5.47. The average Bonchev–Trinajstić information content (AvgIpc) is 2.72. The molecule has 0 aliphatic carbocycles. The van der Waals surface area contributed by atoms with Gasteiger partial charge in [0.15, 0.2) is 0 Å². The maximum Gasteiger partial charge on any atom is 0.0625 e. The summed E-state index contributed by atoms with van der Waals surface area (Å²) in [5.74, 6) is 0.683. The lowest BCUT2D eigenvalue weighted by Gasteiger charge is -2.22. The molecule has 0 bridgehead atoms. The third-order valence-electron chi connectivity index (χ3n) is 3.38. The highest BCUT2D eigenvalue weighted by atomic mass is 16.5. The molecule has 0 aromatic carbocycles. The van der Waals surface area contributed by atoms with Crippen LogP contribution in [-0.4, -0.2) is 29.5 Å². The SMILES string of the molecule is CCc1cc(CNCC2CCCOC2)n(C)n1. The number of nitrogens with zero attached hydrogens (tertiary/aromatic N) is 2. The molecule has 2 heterocycles. The van der Waals surface area contributed by atoms with Crippen LogP contribution in [0.15, 0.2) is 6.07 Å². The monoisotopic (exact) mass is 237 g/mol. The van der Waals surface area contributed by atoms with Gasteiger partial charge in [0, 0.05) is 26.7 Å². The molecule has 1 saturated heterocycles. The van der Waals surface area contributed by atoms with Gasteiger partial charge in [-0.25, -0.2) is 0 Å². The molecule has 1 N–H and O–H groups in total. The standard InChI is InChI=1S/C13H23N3O/c1-3-12-7-13(16(2)15-12)9-14-8-11-5-4-6-17-10-11/h7,11,14H,3-6,8-10H2,1-2H3. The lowest BCUT2D eigenvalue weighted by atomic mass is 10.0. The van der Waals surface area contributed by atoms with Crippen molar-refractivity contribution in [3.05, 3.63) is 17.5 Å². The van der Waals surface area contributed by atoms with Gasteiger partial charge in [-0.3, -0.25) is 4.68 Å². The van der Waals surface area contributed by atoms with Gasteiger partial charge in [-0.2, -0.15) is 5.10 Å². The number of ether oxygens (including phenoxy) is 1. The summed E-state index contributed by atoms with van der Waals surface area (Å²) in [6, 6.07) is 2.18. The summed E-state index contributed by atoms with van der Waals surface area (Å²) in [5, 5.41) is 7.96. The fourth-order valence-corrected chi connectivity index (χ4v) is 2.28. The first-order valence-corrected chi connectivity index (χ1v) is 6.60. The van der Waals surface area contributed by atoms with E-state index in [-0.39, 0.29) is 0 Å². The van der Waals surface area contributed by atoms with E-state index in [1.807, 2.05) is 11.7 Å². The zero-order chi connectivity index (χ0) is 12.1. The minimum Gasteiger partial charge on any atom is -0.381 e. The van der Waals surface area contributed by atoms with E-state index in [4.69, 9.17) is 4.74 Å². The highest BCUT2D eigenvalue weighted by molar-refractivity contribution is 5.09. The van der Waals surface area contributed by atoms with E-state index in [1.165, 1.54) is 24.2 Å². The van der Waals surface area contributed by atoms with Gasteiger partial charge >= 0.3 is 0 Å². The Hall–Kier alpha value is -0.870. The molecule has 4 heteroatoms. The molecule has 1 aliphatic heterocycles. The zero-order valence-electron chi connectivity index (χ0n) is 10.9. The quantitative estimate of drug-likeness (QED) is 0.843. The largest absolute Gasteiger partial charge is 0.381 e. The predicted molar refractivity (Wildman–Crippen MR) is 67.8 cm³/mol. The number of rotatable bonds is 5. The number of hydrogen-bond acceptors (Lipinski definition) is 3. The lowest BCUT2D eigenvalue weighted by molar-refractivity contribution is 0.0547. The van der Waals surface area contributed by atoms with E-state index >= 15 is 0 Å². The molecule has 96 valence electrons. The van der Waals surface area contributed by atoms with E-state index < -0.39 is 0 Å². The van der Waals surface area contributed by atoms with E-state index in [1.54, 1.807) is 0 Å². The summed E-state index contributed by atoms with van der Waals surface area (Å²) >= 11 is 0. The second-order valence-electron chi connectivity index (χ2n) is 4.82. The van der Waals surface area contributed by atoms with Crippen molar-refractivity contribution in [2.45, 2.75) is 32.7 Å². The van der Waals surface area contributed by atoms with Crippen molar-refractivity contribution in [1.82, 2.24) is 15.1 Å². The van der Waals surface area contributed by atoms with Crippen LogP contribution in [0.2, 0.25) is 0 Å². The molecule has 17 heavy (non-hydrogen) atoms. The third kappa shape index (κ3) is 3.54. The van der Waals surface area contributed by atoms with Gasteiger partial charge in [-0.15, -0.1) is 0 Å². The van der Waals surface area contributed by atoms with Crippen molar-refractivity contribution in [3.8, 4) is 0 Å². The molecule has 1 aromatic heterocycles. The van der Waals surface area contributed by atoms with Gasteiger partial charge < -0.3 is 10.1 Å². The zero-order valence-corrected chi connectivity index (χ0v) is 10.9. The van der Waals surface area contributed by atoms with Gasteiger partial charge in [0.2, 0.25) is 0 Å². The fourth-order valence-electron chi connectivity index (χ4n) is 2.28. The molecule has 0 radical (unpaired) electrons. The summed E-state index contributed by atoms with van der Waals surface area (Å²) in [4.78, 5) is 0. The molecule has 0 amide bonds. The minimum absolute atomic E-state index is 0.683. The number of aryl methyl sites for hydroxylation is 2. The van der Waals surface area contributed by atoms with Crippen molar-refractivity contribution in [3.63, 3.8) is 0 Å². The Bertz CT molecular complexity index is 342. The second kappa shape index (κ2) is 6.17. The van der Waals surface area contributed by atoms with Gasteiger partial charge in [0.25, 0.3) is 0 Å². The van der Waals surface area contributed by atoms with Crippen molar-refractivity contribution in [2.24, 2.45) is 13.0 Å². The van der Waals surface area contributed by atoms with Crippen molar-refractivity contribution < 1.29 is 4.74 Å². The summed E-state index contributed by atoms with van der Waals surface area (Å²) in [7, 11) is 2.01. The van der Waals surface area contributed by atoms with Gasteiger partial charge in [-0.1, -0.05) is 6.92 Å². The Morgan fingerprint density at radius 2 is 2.47 bits per heavy atom. The molecule has 2 rings (SSSR count). The Balaban J connectivity index is 1.75. The molecule has 0 saturated carbocycles. The minimum atomic E-state index is 0.683. The van der Waals surface area contributed by atoms with Crippen LogP contribution in [0, 0.1) is 5.92 Å². The molecule has 4 nitrogen and oxygen atoms in total. The highest BCUT2D eigenvalue weighted by Gasteiger charge is 2.13. The second-order valence-corrected chi connectivity index (χ2v) is 4.82. The Kier molecular flexibility index (Phi) is 4.57. The molecule has 1 unspecified atom stereocenters. The third-order valence-corrected chi connectivity index (χ3v) is 3.38. The van der Waals surface area contributed by atoms with Crippen LogP contribution in [0.5, 0.6) is 0 Å².